The van der Waals surface area contributed by atoms with Crippen LogP contribution >= 0.6 is 0 Å². The summed E-state index contributed by atoms with van der Waals surface area (Å²) >= 11 is 0. The van der Waals surface area contributed by atoms with Crippen LogP contribution in [0.5, 0.6) is 5.75 Å². The number of rotatable bonds is 3. The molecule has 0 radical (unpaired) electrons. The van der Waals surface area contributed by atoms with Gasteiger partial charge in [-0.15, -0.1) is 5.06 Å². The van der Waals surface area contributed by atoms with Gasteiger partial charge in [0.05, 0.1) is 12.4 Å². The van der Waals surface area contributed by atoms with Crippen LogP contribution in [0.2, 0.25) is 0 Å². The third-order valence-electron chi connectivity index (χ3n) is 3.45. The van der Waals surface area contributed by atoms with Gasteiger partial charge in [-0.25, -0.2) is 9.97 Å². The lowest BCUT2D eigenvalue weighted by atomic mass is 10.1. The van der Waals surface area contributed by atoms with Crippen molar-refractivity contribution in [3.05, 3.63) is 12.4 Å². The molecule has 1 N–H and O–H groups in total. The van der Waals surface area contributed by atoms with E-state index in [-0.39, 0.29) is 17.6 Å². The predicted octanol–water partition coefficient (Wildman–Crippen LogP) is -0.281. The Hall–Kier alpha value is -2.22. The largest absolute Gasteiger partial charge is 0.366 e. The summed E-state index contributed by atoms with van der Waals surface area (Å²) in [5, 5.41) is 4.07. The number of hydrogen-bond acceptors (Lipinski definition) is 7. The van der Waals surface area contributed by atoms with E-state index in [1.54, 1.807) is 0 Å². The van der Waals surface area contributed by atoms with Gasteiger partial charge in [0.1, 0.15) is 0 Å². The quantitative estimate of drug-likeness (QED) is 0.766. The van der Waals surface area contributed by atoms with Crippen molar-refractivity contribution in [2.45, 2.75) is 19.3 Å². The maximum atomic E-state index is 11.6. The summed E-state index contributed by atoms with van der Waals surface area (Å²) in [6, 6.07) is 0. The second-order valence-corrected chi connectivity index (χ2v) is 4.98. The van der Waals surface area contributed by atoms with E-state index in [1.165, 1.54) is 12.4 Å². The molecule has 0 spiro atoms. The smallest absolute Gasteiger partial charge is 0.263 e. The minimum atomic E-state index is -0.322. The molecule has 1 aromatic heterocycles. The molecule has 0 saturated carbocycles. The number of amides is 2. The van der Waals surface area contributed by atoms with Crippen molar-refractivity contribution in [3.63, 3.8) is 0 Å². The number of aromatic nitrogens is 2. The van der Waals surface area contributed by atoms with Crippen LogP contribution in [0.1, 0.15) is 19.3 Å². The van der Waals surface area contributed by atoms with Gasteiger partial charge in [0.25, 0.3) is 11.8 Å². The molecule has 112 valence electrons. The van der Waals surface area contributed by atoms with Crippen LogP contribution in [-0.4, -0.2) is 53.0 Å². The molecule has 0 unspecified atom stereocenters. The average Bonchev–Trinajstić information content (AvgIpc) is 2.53. The standard InChI is InChI=1S/C13H17N5O3/c19-11-2-1-3-12(20)18(11)21-10-8-15-13(16-9-10)17-6-4-14-5-7-17/h8-9,14H,1-7H2. The van der Waals surface area contributed by atoms with Gasteiger partial charge in [-0.3, -0.25) is 9.59 Å². The Labute approximate surface area is 122 Å². The molecule has 0 bridgehead atoms. The number of hydroxylamine groups is 2. The normalized spacial score (nSPS) is 19.8. The second-order valence-electron chi connectivity index (χ2n) is 4.98. The molecule has 2 aliphatic heterocycles. The van der Waals surface area contributed by atoms with Gasteiger partial charge in [0, 0.05) is 39.0 Å². The number of piperidine rings is 1. The number of piperazine rings is 1. The molecule has 2 saturated heterocycles. The van der Waals surface area contributed by atoms with Crippen molar-refractivity contribution in [3.8, 4) is 5.75 Å². The van der Waals surface area contributed by atoms with E-state index < -0.39 is 0 Å². The first-order chi connectivity index (χ1) is 10.2. The van der Waals surface area contributed by atoms with E-state index in [4.69, 9.17) is 4.84 Å². The summed E-state index contributed by atoms with van der Waals surface area (Å²) in [7, 11) is 0. The Morgan fingerprint density at radius 3 is 2.29 bits per heavy atom. The molecule has 21 heavy (non-hydrogen) atoms. The first-order valence-corrected chi connectivity index (χ1v) is 7.05. The monoisotopic (exact) mass is 291 g/mol. The van der Waals surface area contributed by atoms with Crippen LogP contribution in [-0.2, 0) is 9.59 Å². The first kappa shape index (κ1) is 13.7. The Morgan fingerprint density at radius 1 is 1.05 bits per heavy atom. The second kappa shape index (κ2) is 6.04. The van der Waals surface area contributed by atoms with Crippen LogP contribution in [0.15, 0.2) is 12.4 Å². The fraction of sp³-hybridized carbons (Fsp3) is 0.538. The number of carbonyl (C=O) groups is 2. The maximum absolute atomic E-state index is 11.6. The number of hydrogen-bond donors (Lipinski definition) is 1. The Bertz CT molecular complexity index is 511. The molecule has 3 heterocycles. The fourth-order valence-electron chi connectivity index (χ4n) is 2.32. The Balaban J connectivity index is 1.66. The number of nitrogens with one attached hydrogen (secondary N) is 1. The summed E-state index contributed by atoms with van der Waals surface area (Å²) < 4.78 is 0. The van der Waals surface area contributed by atoms with Crippen molar-refractivity contribution < 1.29 is 14.4 Å². The van der Waals surface area contributed by atoms with Crippen molar-refractivity contribution in [1.29, 1.82) is 0 Å². The predicted molar refractivity (Wildman–Crippen MR) is 73.4 cm³/mol. The molecule has 1 aromatic rings. The highest BCUT2D eigenvalue weighted by atomic mass is 16.7. The number of carbonyl (C=O) groups excluding carboxylic acids is 2. The van der Waals surface area contributed by atoms with Gasteiger partial charge in [0.2, 0.25) is 5.95 Å². The van der Waals surface area contributed by atoms with Gasteiger partial charge >= 0.3 is 0 Å². The van der Waals surface area contributed by atoms with Crippen LogP contribution in [0.25, 0.3) is 0 Å². The zero-order valence-electron chi connectivity index (χ0n) is 11.6. The molecule has 8 heteroatoms. The zero-order chi connectivity index (χ0) is 14.7. The molecule has 2 fully saturated rings. The minimum absolute atomic E-state index is 0.289. The summed E-state index contributed by atoms with van der Waals surface area (Å²) in [4.78, 5) is 39.1. The topological polar surface area (TPSA) is 87.7 Å². The van der Waals surface area contributed by atoms with E-state index in [2.05, 4.69) is 20.2 Å². The summed E-state index contributed by atoms with van der Waals surface area (Å²) in [5.41, 5.74) is 0. The van der Waals surface area contributed by atoms with Crippen LogP contribution in [0.4, 0.5) is 5.95 Å². The van der Waals surface area contributed by atoms with Crippen LogP contribution < -0.4 is 15.1 Å². The van der Waals surface area contributed by atoms with Gasteiger partial charge in [-0.05, 0) is 6.42 Å². The SMILES string of the molecule is O=C1CCCC(=O)N1Oc1cnc(N2CCNCC2)nc1. The highest BCUT2D eigenvalue weighted by molar-refractivity contribution is 5.96. The van der Waals surface area contributed by atoms with E-state index >= 15 is 0 Å². The van der Waals surface area contributed by atoms with Crippen LogP contribution in [0, 0.1) is 0 Å². The molecule has 2 aliphatic rings. The van der Waals surface area contributed by atoms with Crippen molar-refractivity contribution in [2.24, 2.45) is 0 Å². The molecule has 8 nitrogen and oxygen atoms in total. The Kier molecular flexibility index (Phi) is 3.96. The van der Waals surface area contributed by atoms with Crippen molar-refractivity contribution >= 4 is 17.8 Å². The summed E-state index contributed by atoms with van der Waals surface area (Å²) in [6.07, 6.45) is 4.20. The molecule has 2 amide bonds. The lowest BCUT2D eigenvalue weighted by Gasteiger charge is -2.27. The Morgan fingerprint density at radius 2 is 1.67 bits per heavy atom. The van der Waals surface area contributed by atoms with Gasteiger partial charge < -0.3 is 15.1 Å². The number of imide groups is 1. The molecule has 0 aliphatic carbocycles. The number of anilines is 1. The lowest BCUT2D eigenvalue weighted by molar-refractivity contribution is -0.175. The van der Waals surface area contributed by atoms with Gasteiger partial charge in [-0.1, -0.05) is 0 Å². The fourth-order valence-corrected chi connectivity index (χ4v) is 2.32. The summed E-state index contributed by atoms with van der Waals surface area (Å²) in [5.74, 6) is 0.271. The third kappa shape index (κ3) is 3.10. The van der Waals surface area contributed by atoms with Crippen molar-refractivity contribution in [1.82, 2.24) is 20.3 Å². The molecular weight excluding hydrogens is 274 g/mol. The van der Waals surface area contributed by atoms with Crippen molar-refractivity contribution in [2.75, 3.05) is 31.1 Å². The maximum Gasteiger partial charge on any atom is 0.263 e. The van der Waals surface area contributed by atoms with E-state index in [9.17, 15) is 9.59 Å². The molecule has 0 atom stereocenters. The minimum Gasteiger partial charge on any atom is -0.366 e. The lowest BCUT2D eigenvalue weighted by Crippen LogP contribution is -2.44. The van der Waals surface area contributed by atoms with Gasteiger partial charge in [0.15, 0.2) is 5.75 Å². The highest BCUT2D eigenvalue weighted by Gasteiger charge is 2.28. The highest BCUT2D eigenvalue weighted by Crippen LogP contribution is 2.18. The summed E-state index contributed by atoms with van der Waals surface area (Å²) in [6.45, 7) is 3.50. The van der Waals surface area contributed by atoms with Gasteiger partial charge in [-0.2, -0.15) is 0 Å². The first-order valence-electron chi connectivity index (χ1n) is 7.05. The molecule has 0 aromatic carbocycles. The van der Waals surface area contributed by atoms with Crippen LogP contribution in [0.3, 0.4) is 0 Å². The third-order valence-corrected chi connectivity index (χ3v) is 3.45. The van der Waals surface area contributed by atoms with E-state index in [0.717, 1.165) is 31.2 Å². The zero-order valence-corrected chi connectivity index (χ0v) is 11.6. The molecule has 3 rings (SSSR count). The van der Waals surface area contributed by atoms with E-state index in [0.29, 0.717) is 25.2 Å². The number of nitrogens with zero attached hydrogens (tertiary/aromatic N) is 4. The molecular formula is C13H17N5O3. The van der Waals surface area contributed by atoms with E-state index in [1.807, 2.05) is 0 Å². The average molecular weight is 291 g/mol.